The number of imide groups is 1. The average molecular weight is 443 g/mol. The number of carbonyl (C=O) groups excluding carboxylic acids is 1. The highest BCUT2D eigenvalue weighted by Gasteiger charge is 2.26. The van der Waals surface area contributed by atoms with Crippen molar-refractivity contribution >= 4 is 12.1 Å². The molecule has 0 bridgehead atoms. The number of aromatic hydroxyl groups is 1. The van der Waals surface area contributed by atoms with Crippen LogP contribution >= 0.6 is 0 Å². The molecular weight excluding hydrogens is 408 g/mol. The minimum atomic E-state index is -1.24. The van der Waals surface area contributed by atoms with Gasteiger partial charge in [0.1, 0.15) is 6.61 Å². The molecule has 3 amide bonds. The maximum atomic E-state index is 12.9. The lowest BCUT2D eigenvalue weighted by Crippen LogP contribution is -2.47. The quantitative estimate of drug-likeness (QED) is 0.488. The van der Waals surface area contributed by atoms with Crippen LogP contribution in [-0.4, -0.2) is 51.8 Å². The Balaban J connectivity index is 2.06. The molecule has 0 aliphatic carbocycles. The number of carbonyl (C=O) groups is 2. The predicted molar refractivity (Wildman–Crippen MR) is 124 cm³/mol. The van der Waals surface area contributed by atoms with Gasteiger partial charge in [0.2, 0.25) is 0 Å². The maximum Gasteiger partial charge on any atom is 0.415 e. The second kappa shape index (κ2) is 12.6. The first-order chi connectivity index (χ1) is 15.3. The van der Waals surface area contributed by atoms with E-state index < -0.39 is 12.1 Å². The van der Waals surface area contributed by atoms with Gasteiger partial charge in [-0.05, 0) is 42.4 Å². The van der Waals surface area contributed by atoms with Gasteiger partial charge in [0, 0.05) is 19.6 Å². The smallest absolute Gasteiger partial charge is 0.415 e. The average Bonchev–Trinajstić information content (AvgIpc) is 2.77. The largest absolute Gasteiger partial charge is 0.504 e. The molecule has 7 nitrogen and oxygen atoms in total. The van der Waals surface area contributed by atoms with Crippen molar-refractivity contribution < 1.29 is 24.5 Å². The Morgan fingerprint density at radius 3 is 2.34 bits per heavy atom. The van der Waals surface area contributed by atoms with E-state index in [1.54, 1.807) is 18.2 Å². The van der Waals surface area contributed by atoms with E-state index in [4.69, 9.17) is 4.74 Å². The molecule has 0 aliphatic rings. The summed E-state index contributed by atoms with van der Waals surface area (Å²) in [6, 6.07) is 14.4. The van der Waals surface area contributed by atoms with Gasteiger partial charge in [0.15, 0.2) is 11.5 Å². The molecule has 0 saturated carbocycles. The summed E-state index contributed by atoms with van der Waals surface area (Å²) in [5, 5.41) is 20.2. The lowest BCUT2D eigenvalue weighted by Gasteiger charge is -2.28. The minimum absolute atomic E-state index is 0.0437. The first-order valence-corrected chi connectivity index (χ1v) is 11.1. The summed E-state index contributed by atoms with van der Waals surface area (Å²) >= 11 is 0. The number of para-hydroxylation sites is 1. The van der Waals surface area contributed by atoms with Crippen LogP contribution in [0.25, 0.3) is 0 Å². The molecular formula is C25H34N2O5. The highest BCUT2D eigenvalue weighted by Crippen LogP contribution is 2.31. The molecule has 2 rings (SSSR count). The molecule has 0 aliphatic heterocycles. The first kappa shape index (κ1) is 25.0. The molecule has 0 fully saturated rings. The monoisotopic (exact) mass is 442 g/mol. The van der Waals surface area contributed by atoms with E-state index in [1.807, 2.05) is 51.1 Å². The second-order valence-corrected chi connectivity index (χ2v) is 8.17. The molecule has 2 N–H and O–H groups in total. The summed E-state index contributed by atoms with van der Waals surface area (Å²) in [7, 11) is 0. The number of carboxylic acid groups (broad SMARTS) is 1. The molecule has 0 heterocycles. The fraction of sp³-hybridized carbons (Fsp3) is 0.440. The summed E-state index contributed by atoms with van der Waals surface area (Å²) in [6.45, 7) is 7.16. The third kappa shape index (κ3) is 7.48. The number of hydrogen-bond acceptors (Lipinski definition) is 4. The van der Waals surface area contributed by atoms with E-state index in [0.717, 1.165) is 10.5 Å². The Bertz CT molecular complexity index is 870. The van der Waals surface area contributed by atoms with Crippen LogP contribution in [-0.2, 0) is 13.0 Å². The summed E-state index contributed by atoms with van der Waals surface area (Å²) < 4.78 is 5.77. The predicted octanol–water partition coefficient (Wildman–Crippen LogP) is 5.37. The normalized spacial score (nSPS) is 10.8. The van der Waals surface area contributed by atoms with Gasteiger partial charge in [-0.25, -0.2) is 14.5 Å². The zero-order chi connectivity index (χ0) is 23.5. The van der Waals surface area contributed by atoms with Crippen molar-refractivity contribution in [2.45, 2.75) is 46.6 Å². The van der Waals surface area contributed by atoms with Gasteiger partial charge in [-0.1, -0.05) is 63.2 Å². The van der Waals surface area contributed by atoms with Crippen molar-refractivity contribution in [3.8, 4) is 11.5 Å². The Kier molecular flexibility index (Phi) is 9.85. The van der Waals surface area contributed by atoms with E-state index in [-0.39, 0.29) is 12.3 Å². The van der Waals surface area contributed by atoms with E-state index in [9.17, 15) is 19.8 Å². The highest BCUT2D eigenvalue weighted by atomic mass is 16.5. The summed E-state index contributed by atoms with van der Waals surface area (Å²) in [5.41, 5.74) is 1.64. The van der Waals surface area contributed by atoms with Crippen LogP contribution in [0, 0.1) is 5.92 Å². The topological polar surface area (TPSA) is 90.3 Å². The van der Waals surface area contributed by atoms with Crippen molar-refractivity contribution in [3.63, 3.8) is 0 Å². The zero-order valence-corrected chi connectivity index (χ0v) is 19.2. The van der Waals surface area contributed by atoms with Crippen LogP contribution < -0.4 is 4.74 Å². The number of ether oxygens (including phenoxy) is 1. The summed E-state index contributed by atoms with van der Waals surface area (Å²) in [5.74, 6) is 0.714. The van der Waals surface area contributed by atoms with Gasteiger partial charge in [0.25, 0.3) is 0 Å². The lowest BCUT2D eigenvalue weighted by atomic mass is 10.1. The number of nitrogens with zero attached hydrogens (tertiary/aromatic N) is 2. The third-order valence-electron chi connectivity index (χ3n) is 5.13. The lowest BCUT2D eigenvalue weighted by molar-refractivity contribution is 0.126. The van der Waals surface area contributed by atoms with Crippen LogP contribution in [0.15, 0.2) is 48.5 Å². The van der Waals surface area contributed by atoms with Crippen LogP contribution in [0.5, 0.6) is 11.5 Å². The fourth-order valence-corrected chi connectivity index (χ4v) is 3.28. The number of hydrogen-bond donors (Lipinski definition) is 2. The highest BCUT2D eigenvalue weighted by molar-refractivity contribution is 5.90. The Morgan fingerprint density at radius 1 is 1.00 bits per heavy atom. The van der Waals surface area contributed by atoms with Crippen LogP contribution in [0.2, 0.25) is 0 Å². The van der Waals surface area contributed by atoms with Gasteiger partial charge >= 0.3 is 12.1 Å². The Hall–Kier alpha value is -3.22. The molecule has 0 atom stereocenters. The van der Waals surface area contributed by atoms with Gasteiger partial charge in [0.05, 0.1) is 0 Å². The Morgan fingerprint density at radius 2 is 1.72 bits per heavy atom. The van der Waals surface area contributed by atoms with Crippen molar-refractivity contribution in [1.29, 1.82) is 0 Å². The number of amides is 3. The molecule has 0 spiro atoms. The van der Waals surface area contributed by atoms with Crippen LogP contribution in [0.1, 0.15) is 44.7 Å². The SMILES string of the molecule is CCCN(CCc1cccc(OCc2ccccc2)c1O)C(=O)N(CCC(C)C)C(=O)O. The third-order valence-corrected chi connectivity index (χ3v) is 5.13. The molecule has 0 unspecified atom stereocenters. The van der Waals surface area contributed by atoms with E-state index >= 15 is 0 Å². The number of phenols is 1. The van der Waals surface area contributed by atoms with E-state index in [0.29, 0.717) is 56.2 Å². The number of urea groups is 1. The van der Waals surface area contributed by atoms with Crippen LogP contribution in [0.3, 0.4) is 0 Å². The summed E-state index contributed by atoms with van der Waals surface area (Å²) in [6.07, 6.45) is 0.461. The molecule has 0 radical (unpaired) electrons. The molecule has 7 heteroatoms. The zero-order valence-electron chi connectivity index (χ0n) is 19.2. The molecule has 174 valence electrons. The van der Waals surface area contributed by atoms with E-state index in [1.165, 1.54) is 4.90 Å². The standard InChI is InChI=1S/C25H34N2O5/c1-4-15-26(24(29)27(25(30)31)17-13-19(2)3)16-14-21-11-8-12-22(23(21)28)32-18-20-9-6-5-7-10-20/h5-12,19,28H,4,13-18H2,1-3H3,(H,30,31). The number of phenolic OH excluding ortho intramolecular Hbond substituents is 1. The number of rotatable bonds is 11. The van der Waals surface area contributed by atoms with Crippen molar-refractivity contribution in [2.24, 2.45) is 5.92 Å². The van der Waals surface area contributed by atoms with Crippen LogP contribution in [0.4, 0.5) is 9.59 Å². The maximum absolute atomic E-state index is 12.9. The van der Waals surface area contributed by atoms with Crippen molar-refractivity contribution in [3.05, 3.63) is 59.7 Å². The van der Waals surface area contributed by atoms with E-state index in [2.05, 4.69) is 0 Å². The van der Waals surface area contributed by atoms with Crippen molar-refractivity contribution in [1.82, 2.24) is 9.80 Å². The van der Waals surface area contributed by atoms with Gasteiger partial charge in [-0.3, -0.25) is 0 Å². The first-order valence-electron chi connectivity index (χ1n) is 11.1. The van der Waals surface area contributed by atoms with Gasteiger partial charge in [-0.2, -0.15) is 0 Å². The molecule has 0 saturated heterocycles. The van der Waals surface area contributed by atoms with Gasteiger partial charge < -0.3 is 19.8 Å². The summed E-state index contributed by atoms with van der Waals surface area (Å²) in [4.78, 5) is 27.0. The second-order valence-electron chi connectivity index (χ2n) is 8.17. The van der Waals surface area contributed by atoms with Crippen molar-refractivity contribution in [2.75, 3.05) is 19.6 Å². The molecule has 2 aromatic carbocycles. The van der Waals surface area contributed by atoms with Gasteiger partial charge in [-0.15, -0.1) is 0 Å². The Labute approximate surface area is 190 Å². The fourth-order valence-electron chi connectivity index (χ4n) is 3.28. The number of benzene rings is 2. The minimum Gasteiger partial charge on any atom is -0.504 e. The molecule has 32 heavy (non-hydrogen) atoms. The molecule has 2 aromatic rings. The molecule has 0 aromatic heterocycles.